The van der Waals surface area contributed by atoms with Gasteiger partial charge in [-0.05, 0) is 57.4 Å². The van der Waals surface area contributed by atoms with Crippen LogP contribution in [0.2, 0.25) is 0 Å². The van der Waals surface area contributed by atoms with Crippen molar-refractivity contribution in [2.24, 2.45) is 10.7 Å². The quantitative estimate of drug-likeness (QED) is 0.176. The Labute approximate surface area is 161 Å². The molecular formula is C14H38N2O4P2Pt. The van der Waals surface area contributed by atoms with E-state index < -0.39 is 0 Å². The molecule has 0 rings (SSSR count). The summed E-state index contributed by atoms with van der Waals surface area (Å²) in [6.07, 6.45) is 8.74. The third kappa shape index (κ3) is 60.7. The smallest absolute Gasteiger partial charge is 0.444 e. The van der Waals surface area contributed by atoms with Gasteiger partial charge < -0.3 is 35.1 Å². The van der Waals surface area contributed by atoms with Crippen LogP contribution in [0, 0.1) is 35.1 Å². The van der Waals surface area contributed by atoms with E-state index in [4.69, 9.17) is 20.2 Å². The fourth-order valence-electron chi connectivity index (χ4n) is 1.50. The van der Waals surface area contributed by atoms with Gasteiger partial charge in [-0.1, -0.05) is 0 Å². The molecule has 0 aromatic carbocycles. The van der Waals surface area contributed by atoms with Gasteiger partial charge in [0, 0.05) is 0 Å². The predicted octanol–water partition coefficient (Wildman–Crippen LogP) is 5.92. The molecule has 0 heterocycles. The summed E-state index contributed by atoms with van der Waals surface area (Å²) in [6, 6.07) is 0. The van der Waals surface area contributed by atoms with Crippen LogP contribution >= 0.6 is 15.8 Å². The number of rotatable bonds is 6. The first-order chi connectivity index (χ1) is 9.52. The zero-order chi connectivity index (χ0) is 16.8. The molecule has 0 aromatic heterocycles. The summed E-state index contributed by atoms with van der Waals surface area (Å²) >= 11 is 0. The SMILES string of the molecule is CC[PH+](CC)CC.CC[PH+](CC)CC.O=N[O-].O=N[O-].[CH3-].[CH3-].[Pt+2]. The molecule has 0 aliphatic carbocycles. The molecular weight excluding hydrogens is 517 g/mol. The average molecular weight is 555 g/mol. The first-order valence-corrected chi connectivity index (χ1v) is 11.3. The van der Waals surface area contributed by atoms with Crippen molar-refractivity contribution < 1.29 is 21.1 Å². The summed E-state index contributed by atoms with van der Waals surface area (Å²) in [6.45, 7) is 13.8. The Morgan fingerprint density at radius 3 is 0.696 bits per heavy atom. The fraction of sp³-hybridized carbons (Fsp3) is 0.857. The van der Waals surface area contributed by atoms with Gasteiger partial charge in [0.1, 0.15) is 0 Å². The van der Waals surface area contributed by atoms with Crippen molar-refractivity contribution in [1.29, 1.82) is 0 Å². The van der Waals surface area contributed by atoms with Gasteiger partial charge in [0.05, 0.1) is 37.0 Å². The van der Waals surface area contributed by atoms with Crippen molar-refractivity contribution in [2.75, 3.05) is 37.0 Å². The first-order valence-electron chi connectivity index (χ1n) is 7.09. The molecule has 148 valence electrons. The van der Waals surface area contributed by atoms with E-state index in [0.29, 0.717) is 0 Å². The van der Waals surface area contributed by atoms with E-state index in [0.717, 1.165) is 10.7 Å². The molecule has 0 spiro atoms. The van der Waals surface area contributed by atoms with Crippen molar-refractivity contribution >= 4 is 15.8 Å². The third-order valence-electron chi connectivity index (χ3n) is 3.00. The number of nitrogens with zero attached hydrogens (tertiary/aromatic N) is 2. The minimum atomic E-state index is 0. The van der Waals surface area contributed by atoms with E-state index in [1.54, 1.807) is 0 Å². The Balaban J connectivity index is -0.0000000304. The normalized spacial score (nSPS) is 7.30. The van der Waals surface area contributed by atoms with E-state index in [-0.39, 0.29) is 51.8 Å². The summed E-state index contributed by atoms with van der Waals surface area (Å²) in [5.41, 5.74) is 0. The maximum absolute atomic E-state index is 8.00. The van der Waals surface area contributed by atoms with Crippen molar-refractivity contribution in [3.05, 3.63) is 35.1 Å². The molecule has 0 aliphatic heterocycles. The minimum Gasteiger partial charge on any atom is -0.444 e. The Morgan fingerprint density at radius 2 is 0.696 bits per heavy atom. The molecule has 0 amide bonds. The van der Waals surface area contributed by atoms with Crippen LogP contribution in [0.4, 0.5) is 0 Å². The molecule has 9 heteroatoms. The summed E-state index contributed by atoms with van der Waals surface area (Å²) < 4.78 is 0. The second-order valence-electron chi connectivity index (χ2n) is 3.77. The van der Waals surface area contributed by atoms with E-state index >= 15 is 0 Å². The van der Waals surface area contributed by atoms with Gasteiger partial charge >= 0.3 is 21.1 Å². The van der Waals surface area contributed by atoms with Gasteiger partial charge in [0.15, 0.2) is 0 Å². The van der Waals surface area contributed by atoms with Gasteiger partial charge in [-0.25, -0.2) is 0 Å². The van der Waals surface area contributed by atoms with Crippen molar-refractivity contribution in [2.45, 2.75) is 41.5 Å². The van der Waals surface area contributed by atoms with Crippen LogP contribution in [0.5, 0.6) is 0 Å². The standard InChI is InChI=1S/2C6H15P.2CH3.2HNO2.Pt/c2*1-4-7(5-2)6-3;;;2*2-1-3;/h2*4-6H2,1-3H3;2*1H3;2*(H,2,3);/q;;2*-1;;;+2. The molecule has 0 unspecified atom stereocenters. The topological polar surface area (TPSA) is 105 Å². The van der Waals surface area contributed by atoms with Crippen LogP contribution in [0.25, 0.3) is 0 Å². The molecule has 0 saturated carbocycles. The maximum Gasteiger partial charge on any atom is 2.00 e. The summed E-state index contributed by atoms with van der Waals surface area (Å²) in [5, 5.41) is 18.0. The van der Waals surface area contributed by atoms with Gasteiger partial charge in [0.2, 0.25) is 0 Å². The van der Waals surface area contributed by atoms with Gasteiger partial charge in [-0.15, -0.1) is 10.7 Å². The molecule has 0 atom stereocenters. The zero-order valence-corrected chi connectivity index (χ0v) is 20.4. The third-order valence-corrected chi connectivity index (χ3v) is 9.00. The molecule has 0 aliphatic rings. The van der Waals surface area contributed by atoms with E-state index in [9.17, 15) is 0 Å². The predicted molar refractivity (Wildman–Crippen MR) is 111 cm³/mol. The molecule has 0 aromatic rings. The fourth-order valence-corrected chi connectivity index (χ4v) is 4.50. The van der Waals surface area contributed by atoms with Crippen molar-refractivity contribution in [1.82, 2.24) is 0 Å². The number of hydrogen-bond donors (Lipinski definition) is 0. The summed E-state index contributed by atoms with van der Waals surface area (Å²) in [4.78, 5) is 16.0. The van der Waals surface area contributed by atoms with E-state index in [2.05, 4.69) is 41.5 Å². The summed E-state index contributed by atoms with van der Waals surface area (Å²) in [7, 11) is 0.275. The maximum atomic E-state index is 8.00. The van der Waals surface area contributed by atoms with E-state index in [1.807, 2.05) is 0 Å². The van der Waals surface area contributed by atoms with E-state index in [1.165, 1.54) is 37.0 Å². The molecule has 0 radical (unpaired) electrons. The van der Waals surface area contributed by atoms with Gasteiger partial charge in [-0.3, -0.25) is 0 Å². The Morgan fingerprint density at radius 1 is 0.609 bits per heavy atom. The second kappa shape index (κ2) is 49.5. The second-order valence-corrected chi connectivity index (χ2v) is 11.0. The van der Waals surface area contributed by atoms with Gasteiger partial charge in [-0.2, -0.15) is 0 Å². The monoisotopic (exact) mass is 555 g/mol. The molecule has 6 nitrogen and oxygen atoms in total. The van der Waals surface area contributed by atoms with Crippen LogP contribution in [0.3, 0.4) is 0 Å². The molecule has 0 fully saturated rings. The number of hydrogen-bond acceptors (Lipinski definition) is 6. The molecule has 0 bridgehead atoms. The largest absolute Gasteiger partial charge is 2.00 e. The molecule has 23 heavy (non-hydrogen) atoms. The van der Waals surface area contributed by atoms with Crippen LogP contribution in [-0.2, 0) is 21.1 Å². The van der Waals surface area contributed by atoms with Crippen molar-refractivity contribution in [3.8, 4) is 0 Å². The minimum absolute atomic E-state index is 0. The van der Waals surface area contributed by atoms with Crippen molar-refractivity contribution in [3.63, 3.8) is 0 Å². The molecule has 0 saturated heterocycles. The van der Waals surface area contributed by atoms with Crippen LogP contribution in [0.1, 0.15) is 41.5 Å². The van der Waals surface area contributed by atoms with Crippen LogP contribution < -0.4 is 0 Å². The Bertz CT molecular complexity index is 148. The van der Waals surface area contributed by atoms with Crippen LogP contribution in [-0.4, -0.2) is 37.0 Å². The Kier molecular flexibility index (Phi) is 93.9. The van der Waals surface area contributed by atoms with Crippen LogP contribution in [0.15, 0.2) is 10.7 Å². The average Bonchev–Trinajstić information content (AvgIpc) is 2.45. The zero-order valence-electron chi connectivity index (χ0n) is 16.1. The Hall–Kier alpha value is 0.348. The first kappa shape index (κ1) is 43.6. The van der Waals surface area contributed by atoms with Gasteiger partial charge in [0.25, 0.3) is 0 Å². The summed E-state index contributed by atoms with van der Waals surface area (Å²) in [5.74, 6) is 0. The molecule has 0 N–H and O–H groups in total.